The van der Waals surface area contributed by atoms with Crippen LogP contribution in [0.15, 0.2) is 18.2 Å². The number of hydrogen-bond donors (Lipinski definition) is 1. The molecule has 1 aliphatic rings. The summed E-state index contributed by atoms with van der Waals surface area (Å²) in [5.74, 6) is 0.320. The molecule has 1 aromatic carbocycles. The zero-order chi connectivity index (χ0) is 12.5. The van der Waals surface area contributed by atoms with Crippen molar-refractivity contribution >= 4 is 0 Å². The highest BCUT2D eigenvalue weighted by Crippen LogP contribution is 2.42. The molecule has 0 heterocycles. The lowest BCUT2D eigenvalue weighted by Crippen LogP contribution is -2.25. The van der Waals surface area contributed by atoms with Gasteiger partial charge in [0.05, 0.1) is 5.60 Å². The van der Waals surface area contributed by atoms with Crippen molar-refractivity contribution in [2.45, 2.75) is 51.6 Å². The fourth-order valence-corrected chi connectivity index (χ4v) is 3.10. The van der Waals surface area contributed by atoms with Crippen molar-refractivity contribution in [3.63, 3.8) is 0 Å². The molecule has 2 unspecified atom stereocenters. The lowest BCUT2D eigenvalue weighted by atomic mass is 9.85. The van der Waals surface area contributed by atoms with Gasteiger partial charge in [0, 0.05) is 0 Å². The number of rotatable bonds is 4. The Morgan fingerprint density at radius 1 is 1.47 bits per heavy atom. The maximum absolute atomic E-state index is 13.6. The van der Waals surface area contributed by atoms with E-state index in [2.05, 4.69) is 13.8 Å². The third-order valence-electron chi connectivity index (χ3n) is 3.88. The highest BCUT2D eigenvalue weighted by Gasteiger charge is 2.38. The predicted octanol–water partition coefficient (Wildman–Crippen LogP) is 3.79. The van der Waals surface area contributed by atoms with Crippen LogP contribution in [0.1, 0.15) is 50.7 Å². The molecule has 0 spiro atoms. The summed E-state index contributed by atoms with van der Waals surface area (Å²) in [4.78, 5) is 0. The van der Waals surface area contributed by atoms with Crippen LogP contribution in [-0.2, 0) is 12.0 Å². The highest BCUT2D eigenvalue weighted by molar-refractivity contribution is 5.38. The van der Waals surface area contributed by atoms with Gasteiger partial charge in [0.1, 0.15) is 5.82 Å². The monoisotopic (exact) mass is 236 g/mol. The second kappa shape index (κ2) is 4.77. The number of fused-ring (bicyclic) bond motifs is 1. The van der Waals surface area contributed by atoms with E-state index in [0.29, 0.717) is 18.8 Å². The van der Waals surface area contributed by atoms with E-state index in [1.807, 2.05) is 6.07 Å². The molecule has 94 valence electrons. The van der Waals surface area contributed by atoms with Crippen LogP contribution in [0.4, 0.5) is 4.39 Å². The van der Waals surface area contributed by atoms with Crippen molar-refractivity contribution in [2.75, 3.05) is 0 Å². The van der Waals surface area contributed by atoms with Crippen LogP contribution in [-0.4, -0.2) is 5.11 Å². The topological polar surface area (TPSA) is 20.2 Å². The Balaban J connectivity index is 2.22. The lowest BCUT2D eigenvalue weighted by molar-refractivity contribution is 0.0138. The maximum atomic E-state index is 13.6. The van der Waals surface area contributed by atoms with Crippen LogP contribution in [0, 0.1) is 11.7 Å². The number of hydrogen-bond acceptors (Lipinski definition) is 1. The second-order valence-electron chi connectivity index (χ2n) is 5.40. The summed E-state index contributed by atoms with van der Waals surface area (Å²) < 4.78 is 13.6. The first-order chi connectivity index (χ1) is 8.07. The molecule has 0 saturated heterocycles. The Labute approximate surface area is 103 Å². The summed E-state index contributed by atoms with van der Waals surface area (Å²) in [7, 11) is 0. The van der Waals surface area contributed by atoms with Crippen molar-refractivity contribution in [3.05, 3.63) is 35.1 Å². The van der Waals surface area contributed by atoms with Gasteiger partial charge in [-0.1, -0.05) is 38.8 Å². The molecule has 0 aromatic heterocycles. The second-order valence-corrected chi connectivity index (χ2v) is 5.40. The fraction of sp³-hybridized carbons (Fsp3) is 0.600. The van der Waals surface area contributed by atoms with Gasteiger partial charge in [0.25, 0.3) is 0 Å². The molecule has 1 N–H and O–H groups in total. The minimum atomic E-state index is -0.800. The summed E-state index contributed by atoms with van der Waals surface area (Å²) in [6.45, 7) is 4.32. The molecule has 0 fully saturated rings. The highest BCUT2D eigenvalue weighted by atomic mass is 19.1. The molecule has 2 heteroatoms. The Morgan fingerprint density at radius 3 is 2.94 bits per heavy atom. The largest absolute Gasteiger partial charge is 0.385 e. The number of benzene rings is 1. The third-order valence-corrected chi connectivity index (χ3v) is 3.88. The Hall–Kier alpha value is -0.890. The van der Waals surface area contributed by atoms with Crippen LogP contribution in [0.2, 0.25) is 0 Å². The summed E-state index contributed by atoms with van der Waals surface area (Å²) in [5.41, 5.74) is 0.741. The molecule has 1 aliphatic carbocycles. The molecule has 0 bridgehead atoms. The SMILES string of the molecule is CCCC(C)CC1(O)CCc2c(F)cccc21. The molecule has 0 saturated carbocycles. The summed E-state index contributed by atoms with van der Waals surface area (Å²) in [5, 5.41) is 10.7. The van der Waals surface area contributed by atoms with E-state index >= 15 is 0 Å². The molecule has 0 amide bonds. The lowest BCUT2D eigenvalue weighted by Gasteiger charge is -2.27. The first kappa shape index (κ1) is 12.6. The van der Waals surface area contributed by atoms with Gasteiger partial charge in [-0.2, -0.15) is 0 Å². The minimum Gasteiger partial charge on any atom is -0.385 e. The van der Waals surface area contributed by atoms with Crippen LogP contribution in [0.3, 0.4) is 0 Å². The van der Waals surface area contributed by atoms with Gasteiger partial charge in [-0.25, -0.2) is 4.39 Å². The standard InChI is InChI=1S/C15H21FO/c1-3-5-11(2)10-15(17)9-8-12-13(15)6-4-7-14(12)16/h4,6-7,11,17H,3,5,8-10H2,1-2H3. The molecule has 2 atom stereocenters. The Kier molecular flexibility index (Phi) is 3.53. The molecular weight excluding hydrogens is 215 g/mol. The number of aliphatic hydroxyl groups is 1. The zero-order valence-corrected chi connectivity index (χ0v) is 10.7. The quantitative estimate of drug-likeness (QED) is 0.843. The van der Waals surface area contributed by atoms with Gasteiger partial charge < -0.3 is 5.11 Å². The average molecular weight is 236 g/mol. The van der Waals surface area contributed by atoms with Crippen molar-refractivity contribution in [1.82, 2.24) is 0 Å². The average Bonchev–Trinajstić information content (AvgIpc) is 2.58. The van der Waals surface area contributed by atoms with Crippen LogP contribution >= 0.6 is 0 Å². The van der Waals surface area contributed by atoms with Crippen LogP contribution < -0.4 is 0 Å². The normalized spacial score (nSPS) is 24.7. The van der Waals surface area contributed by atoms with E-state index in [-0.39, 0.29) is 5.82 Å². The van der Waals surface area contributed by atoms with E-state index in [0.717, 1.165) is 30.4 Å². The maximum Gasteiger partial charge on any atom is 0.126 e. The van der Waals surface area contributed by atoms with Crippen LogP contribution in [0.5, 0.6) is 0 Å². The van der Waals surface area contributed by atoms with Gasteiger partial charge >= 0.3 is 0 Å². The number of halogens is 1. The van der Waals surface area contributed by atoms with Crippen molar-refractivity contribution in [2.24, 2.45) is 5.92 Å². The van der Waals surface area contributed by atoms with E-state index in [1.165, 1.54) is 6.07 Å². The third kappa shape index (κ3) is 2.37. The summed E-state index contributed by atoms with van der Waals surface area (Å²) in [6.07, 6.45) is 4.33. The zero-order valence-electron chi connectivity index (χ0n) is 10.7. The summed E-state index contributed by atoms with van der Waals surface area (Å²) in [6, 6.07) is 5.07. The van der Waals surface area contributed by atoms with E-state index in [4.69, 9.17) is 0 Å². The molecular formula is C15H21FO. The Bertz CT molecular complexity index is 402. The van der Waals surface area contributed by atoms with Crippen molar-refractivity contribution in [3.8, 4) is 0 Å². The molecule has 1 nitrogen and oxygen atoms in total. The van der Waals surface area contributed by atoms with Gasteiger partial charge in [-0.3, -0.25) is 0 Å². The van der Waals surface area contributed by atoms with Gasteiger partial charge in [0.2, 0.25) is 0 Å². The molecule has 0 aliphatic heterocycles. The molecule has 1 aromatic rings. The van der Waals surface area contributed by atoms with E-state index in [1.54, 1.807) is 6.07 Å². The van der Waals surface area contributed by atoms with E-state index < -0.39 is 5.60 Å². The molecule has 2 rings (SSSR count). The minimum absolute atomic E-state index is 0.165. The molecule has 0 radical (unpaired) electrons. The van der Waals surface area contributed by atoms with Crippen LogP contribution in [0.25, 0.3) is 0 Å². The van der Waals surface area contributed by atoms with E-state index in [9.17, 15) is 9.50 Å². The summed E-state index contributed by atoms with van der Waals surface area (Å²) >= 11 is 0. The fourth-order valence-electron chi connectivity index (χ4n) is 3.10. The molecule has 17 heavy (non-hydrogen) atoms. The van der Waals surface area contributed by atoms with Crippen molar-refractivity contribution < 1.29 is 9.50 Å². The first-order valence-corrected chi connectivity index (χ1v) is 6.57. The van der Waals surface area contributed by atoms with Gasteiger partial charge in [0.15, 0.2) is 0 Å². The van der Waals surface area contributed by atoms with Gasteiger partial charge in [-0.05, 0) is 42.4 Å². The first-order valence-electron chi connectivity index (χ1n) is 6.57. The van der Waals surface area contributed by atoms with Crippen molar-refractivity contribution in [1.29, 1.82) is 0 Å². The van der Waals surface area contributed by atoms with Gasteiger partial charge in [-0.15, -0.1) is 0 Å². The smallest absolute Gasteiger partial charge is 0.126 e. The predicted molar refractivity (Wildman–Crippen MR) is 67.3 cm³/mol. The Morgan fingerprint density at radius 2 is 2.24 bits per heavy atom.